The van der Waals surface area contributed by atoms with Gasteiger partial charge in [0.1, 0.15) is 12.2 Å². The van der Waals surface area contributed by atoms with Gasteiger partial charge in [-0.2, -0.15) is 0 Å². The second-order valence-corrected chi connectivity index (χ2v) is 10.4. The van der Waals surface area contributed by atoms with Crippen LogP contribution in [-0.4, -0.2) is 55.9 Å². The van der Waals surface area contributed by atoms with E-state index in [0.29, 0.717) is 12.0 Å². The first-order chi connectivity index (χ1) is 13.4. The second-order valence-electron chi connectivity index (χ2n) is 9.73. The summed E-state index contributed by atoms with van der Waals surface area (Å²) in [6, 6.07) is 0. The number of carbonyl (C=O) groups is 3. The summed E-state index contributed by atoms with van der Waals surface area (Å²) < 4.78 is 0. The number of hydrogen-bond acceptors (Lipinski definition) is 6. The quantitative estimate of drug-likeness (QED) is 0.579. The number of ketones is 3. The van der Waals surface area contributed by atoms with E-state index >= 15 is 0 Å². The van der Waals surface area contributed by atoms with Crippen LogP contribution in [0, 0.1) is 28.6 Å². The van der Waals surface area contributed by atoms with Gasteiger partial charge in [0, 0.05) is 22.8 Å². The highest BCUT2D eigenvalue weighted by molar-refractivity contribution is 6.28. The number of rotatable bonds is 2. The van der Waals surface area contributed by atoms with E-state index in [1.807, 2.05) is 0 Å². The number of hydrogen-bond donors (Lipinski definition) is 3. The number of halogens is 1. The van der Waals surface area contributed by atoms with Crippen molar-refractivity contribution in [3.63, 3.8) is 0 Å². The fourth-order valence-corrected chi connectivity index (χ4v) is 7.56. The highest BCUT2D eigenvalue weighted by Gasteiger charge is 2.75. The number of allylic oxidation sites excluding steroid dienone is 4. The summed E-state index contributed by atoms with van der Waals surface area (Å²) in [6.45, 7) is 4.50. The zero-order chi connectivity index (χ0) is 21.6. The molecule has 4 aliphatic rings. The van der Waals surface area contributed by atoms with Crippen LogP contribution in [-0.2, 0) is 14.4 Å². The Morgan fingerprint density at radius 2 is 1.93 bits per heavy atom. The average Bonchev–Trinajstić information content (AvgIpc) is 2.86. The maximum atomic E-state index is 13.0. The van der Waals surface area contributed by atoms with Crippen molar-refractivity contribution in [1.82, 2.24) is 0 Å². The highest BCUT2D eigenvalue weighted by Crippen LogP contribution is 2.70. The Labute approximate surface area is 174 Å². The third kappa shape index (κ3) is 2.21. The van der Waals surface area contributed by atoms with Crippen molar-refractivity contribution >= 4 is 29.0 Å². The van der Waals surface area contributed by atoms with Gasteiger partial charge in [-0.15, -0.1) is 11.6 Å². The maximum Gasteiger partial charge on any atom is 0.190 e. The zero-order valence-electron chi connectivity index (χ0n) is 16.8. The molecular formula is C22H27ClO6. The van der Waals surface area contributed by atoms with Gasteiger partial charge < -0.3 is 15.3 Å². The van der Waals surface area contributed by atoms with Crippen molar-refractivity contribution in [3.8, 4) is 0 Å². The van der Waals surface area contributed by atoms with Crippen molar-refractivity contribution in [2.24, 2.45) is 28.6 Å². The first kappa shape index (κ1) is 20.9. The van der Waals surface area contributed by atoms with E-state index in [1.54, 1.807) is 26.8 Å². The van der Waals surface area contributed by atoms with Gasteiger partial charge in [0.25, 0.3) is 0 Å². The molecule has 0 aromatic carbocycles. The molecular weight excluding hydrogens is 396 g/mol. The molecule has 8 atom stereocenters. The lowest BCUT2D eigenvalue weighted by Crippen LogP contribution is -2.70. The van der Waals surface area contributed by atoms with Gasteiger partial charge in [-0.25, -0.2) is 0 Å². The van der Waals surface area contributed by atoms with Crippen LogP contribution < -0.4 is 0 Å². The maximum absolute atomic E-state index is 13.0. The van der Waals surface area contributed by atoms with Crippen LogP contribution in [0.2, 0.25) is 0 Å². The van der Waals surface area contributed by atoms with Crippen LogP contribution in [0.5, 0.6) is 0 Å². The molecule has 0 saturated heterocycles. The molecule has 7 heteroatoms. The largest absolute Gasteiger partial charge is 0.391 e. The predicted octanol–water partition coefficient (Wildman–Crippen LogP) is 1.34. The zero-order valence-corrected chi connectivity index (χ0v) is 17.6. The fourth-order valence-electron chi connectivity index (χ4n) is 7.09. The van der Waals surface area contributed by atoms with Crippen LogP contribution >= 0.6 is 11.6 Å². The molecule has 0 aromatic rings. The molecule has 0 bridgehead atoms. The van der Waals surface area contributed by atoms with Crippen molar-refractivity contribution < 1.29 is 29.7 Å². The molecule has 0 spiro atoms. The number of aliphatic hydroxyl groups is 3. The molecule has 0 radical (unpaired) electrons. The molecule has 0 heterocycles. The monoisotopic (exact) mass is 422 g/mol. The van der Waals surface area contributed by atoms with E-state index in [1.165, 1.54) is 12.2 Å². The average molecular weight is 423 g/mol. The molecule has 3 fully saturated rings. The lowest BCUT2D eigenvalue weighted by atomic mass is 9.45. The van der Waals surface area contributed by atoms with E-state index < -0.39 is 51.6 Å². The molecule has 0 amide bonds. The first-order valence-corrected chi connectivity index (χ1v) is 10.5. The van der Waals surface area contributed by atoms with Gasteiger partial charge in [-0.1, -0.05) is 26.8 Å². The lowest BCUT2D eigenvalue weighted by Gasteiger charge is -2.63. The van der Waals surface area contributed by atoms with E-state index in [9.17, 15) is 29.7 Å². The summed E-state index contributed by atoms with van der Waals surface area (Å²) in [4.78, 5) is 36.3. The second kappa shape index (κ2) is 6.10. The summed E-state index contributed by atoms with van der Waals surface area (Å²) in [5.41, 5.74) is -3.55. The Morgan fingerprint density at radius 3 is 2.55 bits per heavy atom. The van der Waals surface area contributed by atoms with Crippen LogP contribution in [0.3, 0.4) is 0 Å². The summed E-state index contributed by atoms with van der Waals surface area (Å²) >= 11 is 7.22. The van der Waals surface area contributed by atoms with Crippen molar-refractivity contribution in [3.05, 3.63) is 23.8 Å². The number of Topliss-reactive ketones (excluding diaryl/α,β-unsaturated/α-hetero) is 2. The van der Waals surface area contributed by atoms with Crippen molar-refractivity contribution in [2.75, 3.05) is 6.61 Å². The molecule has 29 heavy (non-hydrogen) atoms. The lowest BCUT2D eigenvalue weighted by molar-refractivity contribution is -0.180. The standard InChI is InChI=1S/C22H27ClO6/c1-11-6-13-14-8-16(26)15-7-12(25)4-5-19(15,2)21(14,23)17(27)9-20(13,3)22(11,29)18(28)10-24/h4-5,7,11,13-14,17,24,27,29H,6,8-10H2,1-3H3/t11-,13+,14+,17+,19+,20+,21+,22+/m1/s1. The summed E-state index contributed by atoms with van der Waals surface area (Å²) in [6.07, 6.45) is 3.74. The van der Waals surface area contributed by atoms with E-state index in [2.05, 4.69) is 0 Å². The van der Waals surface area contributed by atoms with Crippen LogP contribution in [0.4, 0.5) is 0 Å². The molecule has 4 aliphatic carbocycles. The van der Waals surface area contributed by atoms with E-state index in [-0.39, 0.29) is 30.3 Å². The fraction of sp³-hybridized carbons (Fsp3) is 0.682. The minimum absolute atomic E-state index is 0.0411. The Balaban J connectivity index is 1.88. The Morgan fingerprint density at radius 1 is 1.28 bits per heavy atom. The van der Waals surface area contributed by atoms with Crippen LogP contribution in [0.15, 0.2) is 23.8 Å². The number of alkyl halides is 1. The minimum Gasteiger partial charge on any atom is -0.391 e. The summed E-state index contributed by atoms with van der Waals surface area (Å²) in [7, 11) is 0. The molecule has 4 rings (SSSR count). The van der Waals surface area contributed by atoms with Gasteiger partial charge in [0.05, 0.1) is 11.0 Å². The first-order valence-electron chi connectivity index (χ1n) is 10.1. The highest BCUT2D eigenvalue weighted by atomic mass is 35.5. The third-order valence-electron chi connectivity index (χ3n) is 8.63. The topological polar surface area (TPSA) is 112 Å². The van der Waals surface area contributed by atoms with Gasteiger partial charge in [0.2, 0.25) is 0 Å². The molecule has 0 aliphatic heterocycles. The number of fused-ring (bicyclic) bond motifs is 5. The van der Waals surface area contributed by atoms with Crippen LogP contribution in [0.1, 0.15) is 40.0 Å². The van der Waals surface area contributed by atoms with E-state index in [4.69, 9.17) is 11.6 Å². The third-order valence-corrected chi connectivity index (χ3v) is 9.56. The molecule has 3 saturated carbocycles. The molecule has 6 nitrogen and oxygen atoms in total. The van der Waals surface area contributed by atoms with Gasteiger partial charge in [-0.3, -0.25) is 14.4 Å². The Bertz CT molecular complexity index is 879. The van der Waals surface area contributed by atoms with Crippen molar-refractivity contribution in [2.45, 2.75) is 56.6 Å². The van der Waals surface area contributed by atoms with Crippen LogP contribution in [0.25, 0.3) is 0 Å². The van der Waals surface area contributed by atoms with Gasteiger partial charge in [-0.05, 0) is 42.7 Å². The Kier molecular flexibility index (Phi) is 4.40. The van der Waals surface area contributed by atoms with E-state index in [0.717, 1.165) is 0 Å². The number of carbonyl (C=O) groups excluding carboxylic acids is 3. The minimum atomic E-state index is -1.80. The smallest absolute Gasteiger partial charge is 0.190 e. The Hall–Kier alpha value is -1.34. The molecule has 0 unspecified atom stereocenters. The normalized spacial score (nSPS) is 51.2. The number of aliphatic hydroxyl groups excluding tert-OH is 2. The molecule has 0 aromatic heterocycles. The molecule has 158 valence electrons. The van der Waals surface area contributed by atoms with Gasteiger partial charge in [0.15, 0.2) is 17.3 Å². The predicted molar refractivity (Wildman–Crippen MR) is 105 cm³/mol. The van der Waals surface area contributed by atoms with Crippen molar-refractivity contribution in [1.29, 1.82) is 0 Å². The summed E-state index contributed by atoms with van der Waals surface area (Å²) in [5, 5.41) is 32.3. The summed E-state index contributed by atoms with van der Waals surface area (Å²) in [5.74, 6) is -2.38. The molecule has 3 N–H and O–H groups in total. The SMILES string of the molecule is C[C@@H]1C[C@H]2[C@@H]3CC(=O)C4=CC(=O)C=C[C@]4(C)[C@@]3(Cl)[C@@H](O)C[C@]2(C)[C@@]1(O)C(=O)CO. The van der Waals surface area contributed by atoms with Gasteiger partial charge >= 0.3 is 0 Å².